The van der Waals surface area contributed by atoms with Gasteiger partial charge in [-0.3, -0.25) is 9.69 Å². The molecule has 0 saturated carbocycles. The van der Waals surface area contributed by atoms with Gasteiger partial charge in [-0.05, 0) is 36.2 Å². The molecular formula is C22H28N2O5. The highest BCUT2D eigenvalue weighted by Gasteiger charge is 2.14. The average molecular weight is 400 g/mol. The van der Waals surface area contributed by atoms with Crippen LogP contribution in [0.1, 0.15) is 18.1 Å². The van der Waals surface area contributed by atoms with Crippen LogP contribution in [0.5, 0.6) is 11.5 Å². The monoisotopic (exact) mass is 400 g/mol. The molecule has 0 spiro atoms. The number of carbonyl (C=O) groups is 1. The van der Waals surface area contributed by atoms with E-state index in [2.05, 4.69) is 10.2 Å². The van der Waals surface area contributed by atoms with Crippen LogP contribution in [0.15, 0.2) is 48.5 Å². The average Bonchev–Trinajstić information content (AvgIpc) is 2.77. The zero-order chi connectivity index (χ0) is 20.5. The molecule has 1 unspecified atom stereocenters. The van der Waals surface area contributed by atoms with Gasteiger partial charge in [-0.25, -0.2) is 0 Å². The quantitative estimate of drug-likeness (QED) is 0.673. The Balaban J connectivity index is 1.44. The summed E-state index contributed by atoms with van der Waals surface area (Å²) in [5, 5.41) is 13.2. The van der Waals surface area contributed by atoms with Crippen molar-refractivity contribution in [2.45, 2.75) is 12.5 Å². The van der Waals surface area contributed by atoms with E-state index >= 15 is 0 Å². The van der Waals surface area contributed by atoms with Gasteiger partial charge >= 0.3 is 0 Å². The Morgan fingerprint density at radius 1 is 1.14 bits per heavy atom. The van der Waals surface area contributed by atoms with E-state index in [1.807, 2.05) is 24.3 Å². The second-order valence-corrected chi connectivity index (χ2v) is 6.87. The number of carbonyl (C=O) groups excluding carboxylic acids is 1. The number of aliphatic hydroxyl groups excluding tert-OH is 1. The van der Waals surface area contributed by atoms with Crippen LogP contribution in [0.4, 0.5) is 5.69 Å². The van der Waals surface area contributed by atoms with Gasteiger partial charge in [-0.1, -0.05) is 24.3 Å². The highest BCUT2D eigenvalue weighted by Crippen LogP contribution is 2.25. The molecule has 1 amide bonds. The van der Waals surface area contributed by atoms with Crippen molar-refractivity contribution in [3.63, 3.8) is 0 Å². The summed E-state index contributed by atoms with van der Waals surface area (Å²) in [6.07, 6.45) is 0.134. The summed E-state index contributed by atoms with van der Waals surface area (Å²) in [6, 6.07) is 14.4. The van der Waals surface area contributed by atoms with E-state index in [-0.39, 0.29) is 12.5 Å². The molecule has 0 radical (unpaired) electrons. The molecule has 1 saturated heterocycles. The van der Waals surface area contributed by atoms with E-state index in [4.69, 9.17) is 14.2 Å². The molecule has 2 N–H and O–H groups in total. The Morgan fingerprint density at radius 3 is 2.52 bits per heavy atom. The Morgan fingerprint density at radius 2 is 1.83 bits per heavy atom. The number of hydrogen-bond acceptors (Lipinski definition) is 6. The molecule has 7 heteroatoms. The van der Waals surface area contributed by atoms with Crippen LogP contribution in [0.2, 0.25) is 0 Å². The molecule has 1 aliphatic rings. The highest BCUT2D eigenvalue weighted by molar-refractivity contribution is 5.91. The normalized spacial score (nSPS) is 15.5. The van der Waals surface area contributed by atoms with Gasteiger partial charge in [0, 0.05) is 25.3 Å². The standard InChI is InChI=1S/C22H28N2O5/c1-27-20-4-2-3-5-21(20)29-16-22(26)23-18-8-6-17(7-9-18)19(25)10-11-24-12-14-28-15-13-24/h2-9,19,25H,10-16H2,1H3,(H,23,26). The minimum absolute atomic E-state index is 0.121. The second kappa shape index (κ2) is 10.8. The van der Waals surface area contributed by atoms with Crippen molar-refractivity contribution in [3.8, 4) is 11.5 Å². The van der Waals surface area contributed by atoms with Gasteiger partial charge in [-0.15, -0.1) is 0 Å². The SMILES string of the molecule is COc1ccccc1OCC(=O)Nc1ccc(C(O)CCN2CCOCC2)cc1. The summed E-state index contributed by atoms with van der Waals surface area (Å²) < 4.78 is 16.1. The van der Waals surface area contributed by atoms with Gasteiger partial charge in [0.05, 0.1) is 26.4 Å². The minimum Gasteiger partial charge on any atom is -0.493 e. The fourth-order valence-electron chi connectivity index (χ4n) is 3.16. The molecule has 1 aliphatic heterocycles. The van der Waals surface area contributed by atoms with Crippen LogP contribution in [0.3, 0.4) is 0 Å². The number of rotatable bonds is 9. The number of methoxy groups -OCH3 is 1. The van der Waals surface area contributed by atoms with Crippen LogP contribution in [0, 0.1) is 0 Å². The van der Waals surface area contributed by atoms with Crippen molar-refractivity contribution >= 4 is 11.6 Å². The summed E-state index contributed by atoms with van der Waals surface area (Å²) in [7, 11) is 1.55. The molecule has 156 valence electrons. The summed E-state index contributed by atoms with van der Waals surface area (Å²) in [5.41, 5.74) is 1.49. The second-order valence-electron chi connectivity index (χ2n) is 6.87. The van der Waals surface area contributed by atoms with Crippen LogP contribution in [0.25, 0.3) is 0 Å². The number of ether oxygens (including phenoxy) is 3. The van der Waals surface area contributed by atoms with E-state index in [0.29, 0.717) is 23.6 Å². The van der Waals surface area contributed by atoms with Crippen molar-refractivity contribution in [2.75, 3.05) is 51.9 Å². The van der Waals surface area contributed by atoms with E-state index in [1.54, 1.807) is 31.4 Å². The van der Waals surface area contributed by atoms with Crippen LogP contribution >= 0.6 is 0 Å². The molecule has 1 heterocycles. The first-order chi connectivity index (χ1) is 14.2. The lowest BCUT2D eigenvalue weighted by Crippen LogP contribution is -2.37. The summed E-state index contributed by atoms with van der Waals surface area (Å²) in [6.45, 7) is 4.05. The van der Waals surface area contributed by atoms with E-state index in [9.17, 15) is 9.90 Å². The van der Waals surface area contributed by atoms with Crippen molar-refractivity contribution in [3.05, 3.63) is 54.1 Å². The number of aliphatic hydroxyl groups is 1. The summed E-state index contributed by atoms with van der Waals surface area (Å²) in [5.74, 6) is 0.830. The Hall–Kier alpha value is -2.61. The van der Waals surface area contributed by atoms with Crippen molar-refractivity contribution in [2.24, 2.45) is 0 Å². The van der Waals surface area contributed by atoms with Gasteiger partial charge in [0.15, 0.2) is 18.1 Å². The van der Waals surface area contributed by atoms with Crippen molar-refractivity contribution < 1.29 is 24.1 Å². The zero-order valence-electron chi connectivity index (χ0n) is 16.7. The third-order valence-electron chi connectivity index (χ3n) is 4.83. The molecule has 1 fully saturated rings. The molecule has 1 atom stereocenters. The smallest absolute Gasteiger partial charge is 0.262 e. The van der Waals surface area contributed by atoms with Gasteiger partial charge < -0.3 is 24.6 Å². The van der Waals surface area contributed by atoms with Crippen LogP contribution < -0.4 is 14.8 Å². The summed E-state index contributed by atoms with van der Waals surface area (Å²) in [4.78, 5) is 14.4. The van der Waals surface area contributed by atoms with Crippen LogP contribution in [-0.2, 0) is 9.53 Å². The Kier molecular flexibility index (Phi) is 7.86. The third-order valence-corrected chi connectivity index (χ3v) is 4.83. The third kappa shape index (κ3) is 6.45. The largest absolute Gasteiger partial charge is 0.493 e. The van der Waals surface area contributed by atoms with E-state index < -0.39 is 6.10 Å². The zero-order valence-corrected chi connectivity index (χ0v) is 16.7. The lowest BCUT2D eigenvalue weighted by molar-refractivity contribution is -0.118. The maximum atomic E-state index is 12.1. The number of benzene rings is 2. The number of anilines is 1. The van der Waals surface area contributed by atoms with Crippen molar-refractivity contribution in [1.82, 2.24) is 4.90 Å². The van der Waals surface area contributed by atoms with Gasteiger partial charge in [0.2, 0.25) is 0 Å². The number of para-hydroxylation sites is 2. The molecule has 3 rings (SSSR count). The molecule has 0 bridgehead atoms. The molecule has 29 heavy (non-hydrogen) atoms. The van der Waals surface area contributed by atoms with E-state index in [0.717, 1.165) is 38.4 Å². The molecular weight excluding hydrogens is 372 g/mol. The fourth-order valence-corrected chi connectivity index (χ4v) is 3.16. The first kappa shape index (κ1) is 21.1. The number of morpholine rings is 1. The Labute approximate surface area is 171 Å². The lowest BCUT2D eigenvalue weighted by Gasteiger charge is -2.27. The topological polar surface area (TPSA) is 80.3 Å². The number of nitrogens with one attached hydrogen (secondary N) is 1. The first-order valence-electron chi connectivity index (χ1n) is 9.79. The predicted molar refractivity (Wildman–Crippen MR) is 110 cm³/mol. The maximum absolute atomic E-state index is 12.1. The lowest BCUT2D eigenvalue weighted by atomic mass is 10.1. The van der Waals surface area contributed by atoms with Crippen molar-refractivity contribution in [1.29, 1.82) is 0 Å². The Bertz CT molecular complexity index is 775. The number of hydrogen-bond donors (Lipinski definition) is 2. The van der Waals surface area contributed by atoms with Crippen LogP contribution in [-0.4, -0.2) is 62.5 Å². The first-order valence-corrected chi connectivity index (χ1v) is 9.79. The number of amides is 1. The van der Waals surface area contributed by atoms with Gasteiger partial charge in [0.1, 0.15) is 0 Å². The van der Waals surface area contributed by atoms with Gasteiger partial charge in [-0.2, -0.15) is 0 Å². The number of nitrogens with zero attached hydrogens (tertiary/aromatic N) is 1. The fraction of sp³-hybridized carbons (Fsp3) is 0.409. The molecule has 2 aromatic carbocycles. The van der Waals surface area contributed by atoms with Gasteiger partial charge in [0.25, 0.3) is 5.91 Å². The predicted octanol–water partition coefficient (Wildman–Crippen LogP) is 2.47. The van der Waals surface area contributed by atoms with E-state index in [1.165, 1.54) is 0 Å². The summed E-state index contributed by atoms with van der Waals surface area (Å²) >= 11 is 0. The molecule has 0 aromatic heterocycles. The highest BCUT2D eigenvalue weighted by atomic mass is 16.5. The maximum Gasteiger partial charge on any atom is 0.262 e. The molecule has 2 aromatic rings. The minimum atomic E-state index is -0.531. The molecule has 7 nitrogen and oxygen atoms in total. The molecule has 0 aliphatic carbocycles.